The molecule has 0 aliphatic carbocycles. The molecule has 30 heavy (non-hydrogen) atoms. The molecular weight excluding hydrogens is 374 g/mol. The Hall–Kier alpha value is -1.85. The maximum Gasteiger partial charge on any atom is 0.226 e. The van der Waals surface area contributed by atoms with E-state index in [1.165, 1.54) is 58.0 Å². The van der Waals surface area contributed by atoms with Crippen LogP contribution in [0.5, 0.6) is 5.75 Å². The number of oxazole rings is 1. The molecule has 0 bridgehead atoms. The molecule has 0 saturated carbocycles. The number of aromatic nitrogens is 1. The van der Waals surface area contributed by atoms with Gasteiger partial charge in [-0.1, -0.05) is 32.6 Å². The lowest BCUT2D eigenvalue weighted by atomic mass is 10.1. The van der Waals surface area contributed by atoms with Crippen molar-refractivity contribution in [3.8, 4) is 17.2 Å². The van der Waals surface area contributed by atoms with Gasteiger partial charge in [-0.05, 0) is 76.6 Å². The van der Waals surface area contributed by atoms with Gasteiger partial charge in [-0.25, -0.2) is 4.98 Å². The van der Waals surface area contributed by atoms with Crippen molar-refractivity contribution in [3.63, 3.8) is 0 Å². The molecule has 5 heteroatoms. The Bertz CT molecular complexity index is 707. The minimum atomic E-state index is 0.682. The number of nitrogens with zero attached hydrogens (tertiary/aromatic N) is 3. The number of rotatable bonds is 13. The van der Waals surface area contributed by atoms with Crippen LogP contribution in [0.4, 0.5) is 0 Å². The summed E-state index contributed by atoms with van der Waals surface area (Å²) in [6, 6.07) is 8.09. The average Bonchev–Trinajstić information content (AvgIpc) is 3.24. The fourth-order valence-corrected chi connectivity index (χ4v) is 4.03. The monoisotopic (exact) mass is 413 g/mol. The zero-order valence-corrected chi connectivity index (χ0v) is 18.9. The number of hydrogen-bond donors (Lipinski definition) is 0. The summed E-state index contributed by atoms with van der Waals surface area (Å²) in [5.74, 6) is 1.59. The second kappa shape index (κ2) is 12.8. The second-order valence-corrected chi connectivity index (χ2v) is 8.57. The van der Waals surface area contributed by atoms with Crippen molar-refractivity contribution in [2.75, 3.05) is 39.8 Å². The molecule has 1 aliphatic rings. The molecule has 2 aromatic rings. The van der Waals surface area contributed by atoms with Crippen molar-refractivity contribution in [2.24, 2.45) is 0 Å². The van der Waals surface area contributed by atoms with Gasteiger partial charge in [0, 0.05) is 18.7 Å². The van der Waals surface area contributed by atoms with E-state index in [0.717, 1.165) is 49.7 Å². The third-order valence-electron chi connectivity index (χ3n) is 5.81. The van der Waals surface area contributed by atoms with Crippen LogP contribution in [0.15, 0.2) is 34.9 Å². The maximum atomic E-state index is 5.92. The summed E-state index contributed by atoms with van der Waals surface area (Å²) in [6.45, 7) is 8.59. The lowest BCUT2D eigenvalue weighted by Gasteiger charge is -2.26. The van der Waals surface area contributed by atoms with Crippen molar-refractivity contribution in [2.45, 2.75) is 64.8 Å². The molecule has 1 fully saturated rings. The largest absolute Gasteiger partial charge is 0.494 e. The molecular formula is C25H39N3O2. The molecule has 3 rings (SSSR count). The van der Waals surface area contributed by atoms with E-state index < -0.39 is 0 Å². The van der Waals surface area contributed by atoms with Gasteiger partial charge in [-0.3, -0.25) is 0 Å². The van der Waals surface area contributed by atoms with E-state index in [1.54, 1.807) is 6.26 Å². The van der Waals surface area contributed by atoms with Gasteiger partial charge in [-0.2, -0.15) is 0 Å². The number of benzene rings is 1. The van der Waals surface area contributed by atoms with Crippen molar-refractivity contribution in [1.82, 2.24) is 14.8 Å². The zero-order chi connectivity index (χ0) is 21.0. The van der Waals surface area contributed by atoms with Crippen molar-refractivity contribution in [1.29, 1.82) is 0 Å². The quantitative estimate of drug-likeness (QED) is 0.399. The van der Waals surface area contributed by atoms with Crippen LogP contribution in [0.1, 0.15) is 64.0 Å². The fraction of sp³-hybridized carbons (Fsp3) is 0.640. The van der Waals surface area contributed by atoms with E-state index >= 15 is 0 Å². The SMILES string of the molecule is CCCCCCN(C)Cc1coc(-c2ccc(OCCCN3CCCCC3)cc2)n1. The van der Waals surface area contributed by atoms with Gasteiger partial charge in [0.25, 0.3) is 0 Å². The summed E-state index contributed by atoms with van der Waals surface area (Å²) in [5.41, 5.74) is 1.98. The second-order valence-electron chi connectivity index (χ2n) is 8.57. The standard InChI is InChI=1S/C25H39N3O2/c1-3-4-5-7-15-27(2)20-23-21-30-25(26-23)22-11-13-24(14-12-22)29-19-10-18-28-16-8-6-9-17-28/h11-14,21H,3-10,15-20H2,1-2H3. The first-order chi connectivity index (χ1) is 14.7. The van der Waals surface area contributed by atoms with E-state index in [-0.39, 0.29) is 0 Å². The Kier molecular flexibility index (Phi) is 9.71. The van der Waals surface area contributed by atoms with E-state index in [0.29, 0.717) is 5.89 Å². The summed E-state index contributed by atoms with van der Waals surface area (Å²) in [5, 5.41) is 0. The highest BCUT2D eigenvalue weighted by Crippen LogP contribution is 2.22. The molecule has 1 aromatic heterocycles. The fourth-order valence-electron chi connectivity index (χ4n) is 4.03. The number of piperidine rings is 1. The van der Waals surface area contributed by atoms with Crippen LogP contribution in [0.25, 0.3) is 11.5 Å². The Balaban J connectivity index is 1.39. The Morgan fingerprint density at radius 3 is 2.60 bits per heavy atom. The van der Waals surface area contributed by atoms with E-state index in [9.17, 15) is 0 Å². The molecule has 0 radical (unpaired) electrons. The van der Waals surface area contributed by atoms with E-state index in [1.807, 2.05) is 24.3 Å². The van der Waals surface area contributed by atoms with Gasteiger partial charge >= 0.3 is 0 Å². The highest BCUT2D eigenvalue weighted by molar-refractivity contribution is 5.54. The summed E-state index contributed by atoms with van der Waals surface area (Å²) < 4.78 is 11.6. The molecule has 0 unspecified atom stereocenters. The van der Waals surface area contributed by atoms with Gasteiger partial charge in [0.1, 0.15) is 12.0 Å². The maximum absolute atomic E-state index is 5.92. The predicted octanol–water partition coefficient (Wildman–Crippen LogP) is 5.61. The van der Waals surface area contributed by atoms with Crippen molar-refractivity contribution in [3.05, 3.63) is 36.2 Å². The molecule has 0 amide bonds. The highest BCUT2D eigenvalue weighted by atomic mass is 16.5. The van der Waals surface area contributed by atoms with Crippen LogP contribution >= 0.6 is 0 Å². The van der Waals surface area contributed by atoms with Crippen LogP contribution in [-0.2, 0) is 6.54 Å². The predicted molar refractivity (Wildman–Crippen MR) is 123 cm³/mol. The zero-order valence-electron chi connectivity index (χ0n) is 18.9. The third-order valence-corrected chi connectivity index (χ3v) is 5.81. The molecule has 1 aliphatic heterocycles. The normalized spacial score (nSPS) is 15.0. The van der Waals surface area contributed by atoms with Gasteiger partial charge in [0.05, 0.1) is 12.3 Å². The summed E-state index contributed by atoms with van der Waals surface area (Å²) in [4.78, 5) is 9.54. The molecule has 1 aromatic carbocycles. The Morgan fingerprint density at radius 1 is 1.03 bits per heavy atom. The van der Waals surface area contributed by atoms with Crippen LogP contribution in [0.2, 0.25) is 0 Å². The lowest BCUT2D eigenvalue weighted by molar-refractivity contribution is 0.205. The summed E-state index contributed by atoms with van der Waals surface area (Å²) >= 11 is 0. The van der Waals surface area contributed by atoms with E-state index in [2.05, 4.69) is 28.8 Å². The van der Waals surface area contributed by atoms with Crippen LogP contribution in [0, 0.1) is 0 Å². The van der Waals surface area contributed by atoms with Crippen LogP contribution in [0.3, 0.4) is 0 Å². The smallest absolute Gasteiger partial charge is 0.226 e. The number of unbranched alkanes of at least 4 members (excludes halogenated alkanes) is 3. The Morgan fingerprint density at radius 2 is 1.83 bits per heavy atom. The van der Waals surface area contributed by atoms with Gasteiger partial charge < -0.3 is 19.0 Å². The Labute approximate surface area is 182 Å². The first kappa shape index (κ1) is 22.8. The first-order valence-electron chi connectivity index (χ1n) is 11.8. The number of ether oxygens (including phenoxy) is 1. The number of hydrogen-bond acceptors (Lipinski definition) is 5. The molecule has 166 valence electrons. The molecule has 2 heterocycles. The molecule has 0 spiro atoms. The molecule has 1 saturated heterocycles. The van der Waals surface area contributed by atoms with Gasteiger partial charge in [0.15, 0.2) is 0 Å². The molecule has 0 atom stereocenters. The first-order valence-corrected chi connectivity index (χ1v) is 11.8. The number of likely N-dealkylation sites (tertiary alicyclic amines) is 1. The van der Waals surface area contributed by atoms with Gasteiger partial charge in [0.2, 0.25) is 5.89 Å². The topological polar surface area (TPSA) is 41.7 Å². The lowest BCUT2D eigenvalue weighted by Crippen LogP contribution is -2.31. The van der Waals surface area contributed by atoms with Crippen LogP contribution in [-0.4, -0.2) is 54.6 Å². The van der Waals surface area contributed by atoms with Crippen molar-refractivity contribution >= 4 is 0 Å². The minimum absolute atomic E-state index is 0.682. The van der Waals surface area contributed by atoms with Crippen molar-refractivity contribution < 1.29 is 9.15 Å². The van der Waals surface area contributed by atoms with Crippen LogP contribution < -0.4 is 4.74 Å². The highest BCUT2D eigenvalue weighted by Gasteiger charge is 2.10. The molecule has 5 nitrogen and oxygen atoms in total. The molecule has 0 N–H and O–H groups in total. The third kappa shape index (κ3) is 7.77. The summed E-state index contributed by atoms with van der Waals surface area (Å²) in [6.07, 6.45) is 12.1. The summed E-state index contributed by atoms with van der Waals surface area (Å²) in [7, 11) is 2.15. The minimum Gasteiger partial charge on any atom is -0.494 e. The van der Waals surface area contributed by atoms with Gasteiger partial charge in [-0.15, -0.1) is 0 Å². The average molecular weight is 414 g/mol. The van der Waals surface area contributed by atoms with E-state index in [4.69, 9.17) is 9.15 Å².